The van der Waals surface area contributed by atoms with E-state index in [1.165, 1.54) is 38.1 Å². The van der Waals surface area contributed by atoms with E-state index in [-0.39, 0.29) is 27.7 Å². The molecule has 2 aromatic carbocycles. The van der Waals surface area contributed by atoms with Crippen molar-refractivity contribution in [3.8, 4) is 0 Å². The van der Waals surface area contributed by atoms with Crippen molar-refractivity contribution >= 4 is 39.1 Å². The Hall–Kier alpha value is -3.80. The summed E-state index contributed by atoms with van der Waals surface area (Å²) in [6, 6.07) is 9.31. The topological polar surface area (TPSA) is 157 Å². The molecule has 31 heavy (non-hydrogen) atoms. The molecule has 2 N–H and O–H groups in total. The molecule has 12 heteroatoms. The van der Waals surface area contributed by atoms with Crippen LogP contribution in [0, 0.1) is 17.0 Å². The molecule has 162 valence electrons. The number of carbonyl (C=O) groups is 2. The van der Waals surface area contributed by atoms with Gasteiger partial charge in [0, 0.05) is 11.6 Å². The SMILES string of the molecule is Cc1c(NC(=O)COC(=O)[C@H](C)N=C2NS(=O)(=O)c3ccccc32)cccc1[N+](=O)[O-]. The quantitative estimate of drug-likeness (QED) is 0.387. The molecular formula is C19H18N4O7S. The van der Waals surface area contributed by atoms with Crippen molar-refractivity contribution in [2.24, 2.45) is 4.99 Å². The lowest BCUT2D eigenvalue weighted by Gasteiger charge is -2.11. The van der Waals surface area contributed by atoms with Gasteiger partial charge < -0.3 is 10.1 Å². The van der Waals surface area contributed by atoms with Crippen LogP contribution in [0.15, 0.2) is 52.4 Å². The molecule has 0 radical (unpaired) electrons. The summed E-state index contributed by atoms with van der Waals surface area (Å²) in [7, 11) is -3.75. The van der Waals surface area contributed by atoms with Crippen LogP contribution < -0.4 is 10.0 Å². The van der Waals surface area contributed by atoms with Crippen molar-refractivity contribution in [2.75, 3.05) is 11.9 Å². The molecule has 0 aliphatic carbocycles. The fraction of sp³-hybridized carbons (Fsp3) is 0.211. The van der Waals surface area contributed by atoms with Gasteiger partial charge in [-0.1, -0.05) is 18.2 Å². The van der Waals surface area contributed by atoms with E-state index in [4.69, 9.17) is 4.74 Å². The standard InChI is InChI=1S/C19H18N4O7S/c1-11-14(7-5-8-15(11)23(26)27)21-17(24)10-30-19(25)12(2)20-18-13-6-3-4-9-16(13)31(28,29)22-18/h3-9,12H,10H2,1-2H3,(H,20,22)(H,21,24)/t12-/m0/s1. The number of benzene rings is 2. The highest BCUT2D eigenvalue weighted by molar-refractivity contribution is 7.90. The molecule has 0 saturated heterocycles. The smallest absolute Gasteiger partial charge is 0.331 e. The van der Waals surface area contributed by atoms with Gasteiger partial charge in [0.25, 0.3) is 21.6 Å². The van der Waals surface area contributed by atoms with Crippen LogP contribution >= 0.6 is 0 Å². The summed E-state index contributed by atoms with van der Waals surface area (Å²) in [5, 5.41) is 13.4. The van der Waals surface area contributed by atoms with Gasteiger partial charge in [-0.3, -0.25) is 24.6 Å². The van der Waals surface area contributed by atoms with Gasteiger partial charge in [-0.15, -0.1) is 0 Å². The molecule has 0 saturated carbocycles. The summed E-state index contributed by atoms with van der Waals surface area (Å²) in [5.74, 6) is -1.53. The molecule has 0 fully saturated rings. The Bertz CT molecular complexity index is 1210. The van der Waals surface area contributed by atoms with E-state index in [2.05, 4.69) is 15.0 Å². The number of carbonyl (C=O) groups excluding carboxylic acids is 2. The molecule has 0 unspecified atom stereocenters. The van der Waals surface area contributed by atoms with Crippen LogP contribution in [0.3, 0.4) is 0 Å². The fourth-order valence-electron chi connectivity index (χ4n) is 2.88. The number of nitrogens with zero attached hydrogens (tertiary/aromatic N) is 2. The van der Waals surface area contributed by atoms with E-state index in [1.54, 1.807) is 18.2 Å². The number of nitrogens with one attached hydrogen (secondary N) is 2. The van der Waals surface area contributed by atoms with E-state index in [0.717, 1.165) is 0 Å². The Morgan fingerprint density at radius 3 is 2.65 bits per heavy atom. The average molecular weight is 446 g/mol. The summed E-state index contributed by atoms with van der Waals surface area (Å²) < 4.78 is 31.4. The van der Waals surface area contributed by atoms with Crippen molar-refractivity contribution in [2.45, 2.75) is 24.8 Å². The normalized spacial score (nSPS) is 16.1. The minimum atomic E-state index is -3.75. The first-order chi connectivity index (χ1) is 14.6. The molecule has 0 spiro atoms. The first-order valence-corrected chi connectivity index (χ1v) is 10.5. The third-order valence-electron chi connectivity index (χ3n) is 4.45. The molecule has 0 aromatic heterocycles. The number of amidine groups is 1. The second kappa shape index (κ2) is 8.52. The molecule has 1 aliphatic rings. The molecule has 0 bridgehead atoms. The molecule has 11 nitrogen and oxygen atoms in total. The molecule has 1 heterocycles. The van der Waals surface area contributed by atoms with E-state index in [1.807, 2.05) is 0 Å². The minimum absolute atomic E-state index is 0.0109. The van der Waals surface area contributed by atoms with Crippen molar-refractivity contribution in [3.63, 3.8) is 0 Å². The first kappa shape index (κ1) is 21.9. The van der Waals surface area contributed by atoms with Gasteiger partial charge in [-0.25, -0.2) is 13.2 Å². The summed E-state index contributed by atoms with van der Waals surface area (Å²) in [5.41, 5.74) is 0.666. The lowest BCUT2D eigenvalue weighted by molar-refractivity contribution is -0.385. The predicted molar refractivity (Wildman–Crippen MR) is 110 cm³/mol. The average Bonchev–Trinajstić information content (AvgIpc) is 2.97. The highest BCUT2D eigenvalue weighted by Crippen LogP contribution is 2.25. The minimum Gasteiger partial charge on any atom is -0.454 e. The Labute approximate surface area is 177 Å². The van der Waals surface area contributed by atoms with Crippen LogP contribution in [-0.2, 0) is 24.3 Å². The van der Waals surface area contributed by atoms with Crippen LogP contribution in [0.25, 0.3) is 0 Å². The fourth-order valence-corrected chi connectivity index (χ4v) is 4.12. The van der Waals surface area contributed by atoms with E-state index in [0.29, 0.717) is 5.56 Å². The van der Waals surface area contributed by atoms with Crippen LogP contribution in [-0.4, -0.2) is 43.7 Å². The summed E-state index contributed by atoms with van der Waals surface area (Å²) in [6.45, 7) is 2.24. The number of fused-ring (bicyclic) bond motifs is 1. The van der Waals surface area contributed by atoms with Gasteiger partial charge in [-0.2, -0.15) is 0 Å². The molecule has 1 amide bonds. The molecule has 2 aromatic rings. The summed E-state index contributed by atoms with van der Waals surface area (Å²) in [4.78, 5) is 38.8. The number of aliphatic imine (C=N–C) groups is 1. The summed E-state index contributed by atoms with van der Waals surface area (Å²) in [6.07, 6.45) is 0. The van der Waals surface area contributed by atoms with Crippen LogP contribution in [0.2, 0.25) is 0 Å². The van der Waals surface area contributed by atoms with Crippen molar-refractivity contribution in [1.82, 2.24) is 4.72 Å². The zero-order valence-electron chi connectivity index (χ0n) is 16.5. The van der Waals surface area contributed by atoms with Crippen LogP contribution in [0.4, 0.5) is 11.4 Å². The van der Waals surface area contributed by atoms with Gasteiger partial charge in [0.2, 0.25) is 0 Å². The maximum atomic E-state index is 12.2. The molecule has 3 rings (SSSR count). The van der Waals surface area contributed by atoms with Crippen LogP contribution in [0.5, 0.6) is 0 Å². The molecule has 1 aliphatic heterocycles. The predicted octanol–water partition coefficient (Wildman–Crippen LogP) is 1.51. The third-order valence-corrected chi connectivity index (χ3v) is 5.85. The lowest BCUT2D eigenvalue weighted by atomic mass is 10.1. The Balaban J connectivity index is 1.63. The largest absolute Gasteiger partial charge is 0.454 e. The highest BCUT2D eigenvalue weighted by atomic mass is 32.2. The zero-order chi connectivity index (χ0) is 22.8. The Kier molecular flexibility index (Phi) is 6.02. The first-order valence-electron chi connectivity index (χ1n) is 9.00. The monoisotopic (exact) mass is 446 g/mol. The number of hydrogen-bond acceptors (Lipinski definition) is 8. The molecular weight excluding hydrogens is 428 g/mol. The maximum Gasteiger partial charge on any atom is 0.331 e. The number of rotatable bonds is 6. The Morgan fingerprint density at radius 1 is 1.23 bits per heavy atom. The lowest BCUT2D eigenvalue weighted by Crippen LogP contribution is -2.29. The van der Waals surface area contributed by atoms with Gasteiger partial charge >= 0.3 is 5.97 Å². The van der Waals surface area contributed by atoms with E-state index in [9.17, 15) is 28.1 Å². The number of nitro benzene ring substituents is 1. The Morgan fingerprint density at radius 2 is 1.94 bits per heavy atom. The van der Waals surface area contributed by atoms with E-state index < -0.39 is 39.5 Å². The van der Waals surface area contributed by atoms with Crippen LogP contribution in [0.1, 0.15) is 18.1 Å². The van der Waals surface area contributed by atoms with Gasteiger partial charge in [-0.05, 0) is 32.0 Å². The number of esters is 1. The number of anilines is 1. The number of sulfonamides is 1. The second-order valence-corrected chi connectivity index (χ2v) is 8.27. The van der Waals surface area contributed by atoms with Gasteiger partial charge in [0.05, 0.1) is 21.1 Å². The summed E-state index contributed by atoms with van der Waals surface area (Å²) >= 11 is 0. The zero-order valence-corrected chi connectivity index (χ0v) is 17.3. The van der Waals surface area contributed by atoms with E-state index >= 15 is 0 Å². The number of amides is 1. The highest BCUT2D eigenvalue weighted by Gasteiger charge is 2.31. The van der Waals surface area contributed by atoms with Crippen molar-refractivity contribution < 1.29 is 27.7 Å². The molecule has 1 atom stereocenters. The second-order valence-electron chi connectivity index (χ2n) is 6.62. The van der Waals surface area contributed by atoms with Crippen molar-refractivity contribution in [3.05, 3.63) is 63.7 Å². The van der Waals surface area contributed by atoms with Gasteiger partial charge in [0.15, 0.2) is 6.61 Å². The maximum absolute atomic E-state index is 12.2. The van der Waals surface area contributed by atoms with Crippen molar-refractivity contribution in [1.29, 1.82) is 0 Å². The number of nitro groups is 1. The number of ether oxygens (including phenoxy) is 1. The third kappa shape index (κ3) is 4.69. The number of hydrogen-bond donors (Lipinski definition) is 2. The van der Waals surface area contributed by atoms with Gasteiger partial charge in [0.1, 0.15) is 11.9 Å².